The summed E-state index contributed by atoms with van der Waals surface area (Å²) in [5, 5.41) is 0. The number of carbonyl (C=O) groups excluding carboxylic acids is 2. The normalized spacial score (nSPS) is 11.1. The van der Waals surface area contributed by atoms with Crippen LogP contribution in [-0.2, 0) is 0 Å². The molecule has 0 aliphatic heterocycles. The Hall–Kier alpha value is -3.66. The average molecular weight is 340 g/mol. The van der Waals surface area contributed by atoms with Crippen molar-refractivity contribution in [2.24, 2.45) is 0 Å². The van der Waals surface area contributed by atoms with E-state index in [0.29, 0.717) is 11.1 Å². The number of hydrogen-bond donors (Lipinski definition) is 0. The van der Waals surface area contributed by atoms with Crippen molar-refractivity contribution in [3.63, 3.8) is 0 Å². The summed E-state index contributed by atoms with van der Waals surface area (Å²) in [5.41, 5.74) is 3.02. The second-order valence-corrected chi connectivity index (χ2v) is 5.53. The monoisotopic (exact) mass is 340 g/mol. The first-order chi connectivity index (χ1) is 12.7. The van der Waals surface area contributed by atoms with E-state index in [4.69, 9.17) is 0 Å². The quantitative estimate of drug-likeness (QED) is 0.497. The molecule has 1 aromatic carbocycles. The van der Waals surface area contributed by atoms with Gasteiger partial charge in [-0.15, -0.1) is 0 Å². The summed E-state index contributed by atoms with van der Waals surface area (Å²) in [6.45, 7) is 0. The van der Waals surface area contributed by atoms with Crippen molar-refractivity contribution in [2.45, 2.75) is 0 Å². The van der Waals surface area contributed by atoms with Gasteiger partial charge in [-0.05, 0) is 47.5 Å². The SMILES string of the molecule is O=C(/C=C\c1ccc(/C=C\C(=O)c2ccncc2)cc1)c1ccncc1. The van der Waals surface area contributed by atoms with Crippen LogP contribution < -0.4 is 0 Å². The highest BCUT2D eigenvalue weighted by Gasteiger charge is 2.01. The molecule has 3 aromatic rings. The molecule has 0 N–H and O–H groups in total. The highest BCUT2D eigenvalue weighted by molar-refractivity contribution is 6.07. The highest BCUT2D eigenvalue weighted by Crippen LogP contribution is 2.10. The van der Waals surface area contributed by atoms with Crippen LogP contribution in [0.5, 0.6) is 0 Å². The van der Waals surface area contributed by atoms with E-state index in [9.17, 15) is 9.59 Å². The summed E-state index contributed by atoms with van der Waals surface area (Å²) in [6, 6.07) is 14.3. The highest BCUT2D eigenvalue weighted by atomic mass is 16.1. The second kappa shape index (κ2) is 8.44. The Morgan fingerprint density at radius 3 is 1.27 bits per heavy atom. The van der Waals surface area contributed by atoms with Gasteiger partial charge in [0.05, 0.1) is 0 Å². The number of ketones is 2. The molecule has 0 radical (unpaired) electrons. The predicted molar refractivity (Wildman–Crippen MR) is 102 cm³/mol. The van der Waals surface area contributed by atoms with Gasteiger partial charge < -0.3 is 0 Å². The zero-order valence-corrected chi connectivity index (χ0v) is 13.9. The van der Waals surface area contributed by atoms with Gasteiger partial charge in [-0.2, -0.15) is 0 Å². The van der Waals surface area contributed by atoms with Gasteiger partial charge in [0.15, 0.2) is 11.6 Å². The largest absolute Gasteiger partial charge is 0.289 e. The summed E-state index contributed by atoms with van der Waals surface area (Å²) in [5.74, 6) is -0.140. The molecule has 0 atom stereocenters. The molecule has 3 rings (SSSR count). The number of aromatic nitrogens is 2. The minimum absolute atomic E-state index is 0.0701. The Balaban J connectivity index is 1.63. The van der Waals surface area contributed by atoms with Crippen LogP contribution >= 0.6 is 0 Å². The average Bonchev–Trinajstić information content (AvgIpc) is 2.72. The Labute approximate surface area is 151 Å². The van der Waals surface area contributed by atoms with Gasteiger partial charge in [-0.25, -0.2) is 0 Å². The Kier molecular flexibility index (Phi) is 5.58. The molecule has 0 amide bonds. The third kappa shape index (κ3) is 4.68. The van der Waals surface area contributed by atoms with Crippen LogP contribution in [0, 0.1) is 0 Å². The first-order valence-electron chi connectivity index (χ1n) is 8.07. The molecular weight excluding hydrogens is 324 g/mol. The lowest BCUT2D eigenvalue weighted by atomic mass is 10.1. The number of allylic oxidation sites excluding steroid dienone is 2. The third-order valence-corrected chi connectivity index (χ3v) is 3.72. The van der Waals surface area contributed by atoms with Crippen molar-refractivity contribution in [3.8, 4) is 0 Å². The summed E-state index contributed by atoms with van der Waals surface area (Å²) >= 11 is 0. The lowest BCUT2D eigenvalue weighted by molar-refractivity contribution is 0.103. The fourth-order valence-electron chi connectivity index (χ4n) is 2.29. The predicted octanol–water partition coefficient (Wildman–Crippen LogP) is 4.27. The number of carbonyl (C=O) groups is 2. The molecule has 0 aliphatic rings. The van der Waals surface area contributed by atoms with Gasteiger partial charge in [-0.1, -0.05) is 36.4 Å². The molecule has 4 heteroatoms. The standard InChI is InChI=1S/C22H16N2O2/c25-21(19-9-13-23-14-10-19)7-5-17-1-2-18(4-3-17)6-8-22(26)20-11-15-24-16-12-20/h1-16H/b7-5-,8-6-. The van der Waals surface area contributed by atoms with Gasteiger partial charge in [0.25, 0.3) is 0 Å². The molecule has 0 bridgehead atoms. The van der Waals surface area contributed by atoms with E-state index in [1.807, 2.05) is 24.3 Å². The molecule has 0 spiro atoms. The topological polar surface area (TPSA) is 59.9 Å². The summed E-state index contributed by atoms with van der Waals surface area (Å²) in [7, 11) is 0. The van der Waals surface area contributed by atoms with E-state index in [1.54, 1.807) is 61.2 Å². The Bertz CT molecular complexity index is 864. The molecule has 4 nitrogen and oxygen atoms in total. The molecule has 0 saturated heterocycles. The summed E-state index contributed by atoms with van der Waals surface area (Å²) in [4.78, 5) is 31.8. The molecule has 0 aliphatic carbocycles. The van der Waals surface area contributed by atoms with E-state index in [0.717, 1.165) is 11.1 Å². The minimum atomic E-state index is -0.0701. The molecule has 0 saturated carbocycles. The Morgan fingerprint density at radius 2 is 0.923 bits per heavy atom. The van der Waals surface area contributed by atoms with E-state index >= 15 is 0 Å². The van der Waals surface area contributed by atoms with Crippen molar-refractivity contribution in [2.75, 3.05) is 0 Å². The number of benzene rings is 1. The minimum Gasteiger partial charge on any atom is -0.289 e. The lowest BCUT2D eigenvalue weighted by Crippen LogP contribution is -1.93. The van der Waals surface area contributed by atoms with Crippen molar-refractivity contribution >= 4 is 23.7 Å². The van der Waals surface area contributed by atoms with Crippen molar-refractivity contribution in [1.29, 1.82) is 0 Å². The van der Waals surface area contributed by atoms with E-state index in [-0.39, 0.29) is 11.6 Å². The van der Waals surface area contributed by atoms with E-state index in [1.165, 1.54) is 12.2 Å². The molecule has 0 fully saturated rings. The maximum atomic E-state index is 12.0. The van der Waals surface area contributed by atoms with Crippen LogP contribution in [0.1, 0.15) is 31.8 Å². The van der Waals surface area contributed by atoms with Crippen molar-refractivity contribution < 1.29 is 9.59 Å². The first-order valence-corrected chi connectivity index (χ1v) is 8.07. The van der Waals surface area contributed by atoms with E-state index in [2.05, 4.69) is 9.97 Å². The molecular formula is C22H16N2O2. The number of pyridine rings is 2. The molecule has 126 valence electrons. The first kappa shape index (κ1) is 17.2. The van der Waals surface area contributed by atoms with Gasteiger partial charge in [0, 0.05) is 35.9 Å². The van der Waals surface area contributed by atoms with Crippen LogP contribution in [0.2, 0.25) is 0 Å². The van der Waals surface area contributed by atoms with Crippen LogP contribution in [0.4, 0.5) is 0 Å². The zero-order chi connectivity index (χ0) is 18.2. The van der Waals surface area contributed by atoms with Crippen LogP contribution in [-0.4, -0.2) is 21.5 Å². The molecule has 2 aromatic heterocycles. The number of hydrogen-bond acceptors (Lipinski definition) is 4. The number of nitrogens with zero attached hydrogens (tertiary/aromatic N) is 2. The van der Waals surface area contributed by atoms with Gasteiger partial charge in [0.1, 0.15) is 0 Å². The number of rotatable bonds is 6. The maximum absolute atomic E-state index is 12.0. The lowest BCUT2D eigenvalue weighted by Gasteiger charge is -1.97. The van der Waals surface area contributed by atoms with Crippen molar-refractivity contribution in [1.82, 2.24) is 9.97 Å². The van der Waals surface area contributed by atoms with E-state index < -0.39 is 0 Å². The van der Waals surface area contributed by atoms with Crippen molar-refractivity contribution in [3.05, 3.63) is 108 Å². The third-order valence-electron chi connectivity index (χ3n) is 3.72. The fourth-order valence-corrected chi connectivity index (χ4v) is 2.29. The summed E-state index contributed by atoms with van der Waals surface area (Å²) < 4.78 is 0. The smallest absolute Gasteiger partial charge is 0.185 e. The Morgan fingerprint density at radius 1 is 0.577 bits per heavy atom. The van der Waals surface area contributed by atoms with Crippen LogP contribution in [0.15, 0.2) is 85.5 Å². The van der Waals surface area contributed by atoms with Gasteiger partial charge in [0.2, 0.25) is 0 Å². The molecule has 0 unspecified atom stereocenters. The van der Waals surface area contributed by atoms with Crippen LogP contribution in [0.25, 0.3) is 12.2 Å². The fraction of sp³-hybridized carbons (Fsp3) is 0. The maximum Gasteiger partial charge on any atom is 0.185 e. The summed E-state index contributed by atoms with van der Waals surface area (Å²) in [6.07, 6.45) is 13.0. The van der Waals surface area contributed by atoms with Gasteiger partial charge >= 0.3 is 0 Å². The zero-order valence-electron chi connectivity index (χ0n) is 13.9. The molecule has 2 heterocycles. The molecule has 26 heavy (non-hydrogen) atoms. The van der Waals surface area contributed by atoms with Gasteiger partial charge in [-0.3, -0.25) is 19.6 Å². The second-order valence-electron chi connectivity index (χ2n) is 5.53. The van der Waals surface area contributed by atoms with Crippen LogP contribution in [0.3, 0.4) is 0 Å².